The van der Waals surface area contributed by atoms with Crippen LogP contribution in [0.25, 0.3) is 16.2 Å². The maximum atomic E-state index is 13.8. The highest BCUT2D eigenvalue weighted by atomic mass is 32.1. The highest BCUT2D eigenvalue weighted by molar-refractivity contribution is 7.19. The number of aryl methyl sites for hydroxylation is 1. The fraction of sp³-hybridized carbons (Fsp3) is 0.148. The van der Waals surface area contributed by atoms with Gasteiger partial charge >= 0.3 is 0 Å². The van der Waals surface area contributed by atoms with Crippen LogP contribution in [-0.4, -0.2) is 11.6 Å². The van der Waals surface area contributed by atoms with Crippen LogP contribution >= 0.6 is 11.3 Å². The number of carbonyl (C=O) groups excluding carboxylic acids is 1. The quantitative estimate of drug-likeness (QED) is 0.237. The molecule has 4 aromatic rings. The van der Waals surface area contributed by atoms with Crippen LogP contribution < -0.4 is 4.74 Å². The third-order valence-electron chi connectivity index (χ3n) is 6.01. The van der Waals surface area contributed by atoms with Crippen LogP contribution in [0.4, 0.5) is 4.39 Å². The van der Waals surface area contributed by atoms with Gasteiger partial charge in [-0.3, -0.25) is 4.79 Å². The van der Waals surface area contributed by atoms with E-state index in [1.807, 2.05) is 43.3 Å². The van der Waals surface area contributed by atoms with E-state index in [9.17, 15) is 14.3 Å². The second-order valence-corrected chi connectivity index (χ2v) is 9.24. The maximum Gasteiger partial charge on any atom is 0.297 e. The monoisotopic (exact) mass is 460 g/mol. The zero-order valence-electron chi connectivity index (χ0n) is 17.9. The number of phenols is 1. The SMILES string of the molecule is Cc1cc(F)ccc1C1(c2sc3cc(O)ccc3c2Oc2ccc(/C=C/OC=O)cc2)CC1. The minimum atomic E-state index is -0.238. The van der Waals surface area contributed by atoms with Gasteiger partial charge in [-0.2, -0.15) is 0 Å². The molecule has 1 aliphatic rings. The van der Waals surface area contributed by atoms with E-state index >= 15 is 0 Å². The normalized spacial score (nSPS) is 14.5. The number of thiophene rings is 1. The topological polar surface area (TPSA) is 55.8 Å². The summed E-state index contributed by atoms with van der Waals surface area (Å²) in [6, 6.07) is 17.7. The number of ether oxygens (including phenoxy) is 2. The Hall–Kier alpha value is -3.64. The van der Waals surface area contributed by atoms with Gasteiger partial charge in [0, 0.05) is 15.5 Å². The molecule has 4 nitrogen and oxygen atoms in total. The molecule has 0 bridgehead atoms. The lowest BCUT2D eigenvalue weighted by molar-refractivity contribution is -0.123. The molecule has 6 heteroatoms. The number of rotatable bonds is 7. The summed E-state index contributed by atoms with van der Waals surface area (Å²) < 4.78 is 25.8. The Kier molecular flexibility index (Phi) is 5.38. The highest BCUT2D eigenvalue weighted by Gasteiger charge is 2.50. The van der Waals surface area contributed by atoms with Gasteiger partial charge in [0.1, 0.15) is 23.1 Å². The predicted octanol–water partition coefficient (Wildman–Crippen LogP) is 7.07. The highest BCUT2D eigenvalue weighted by Crippen LogP contribution is 2.61. The second-order valence-electron chi connectivity index (χ2n) is 8.19. The van der Waals surface area contributed by atoms with Crippen LogP contribution in [0.2, 0.25) is 0 Å². The summed E-state index contributed by atoms with van der Waals surface area (Å²) in [5.74, 6) is 1.41. The van der Waals surface area contributed by atoms with Gasteiger partial charge < -0.3 is 14.6 Å². The molecule has 1 aliphatic carbocycles. The van der Waals surface area contributed by atoms with Crippen LogP contribution in [-0.2, 0) is 14.9 Å². The van der Waals surface area contributed by atoms with Crippen molar-refractivity contribution in [2.45, 2.75) is 25.2 Å². The summed E-state index contributed by atoms with van der Waals surface area (Å²) in [5, 5.41) is 11.0. The number of phenolic OH excluding ortho intramolecular Hbond substituents is 1. The maximum absolute atomic E-state index is 13.8. The molecule has 0 radical (unpaired) electrons. The van der Waals surface area contributed by atoms with Crippen LogP contribution in [0.3, 0.4) is 0 Å². The van der Waals surface area contributed by atoms with Gasteiger partial charge in [0.25, 0.3) is 6.47 Å². The molecule has 1 aromatic heterocycles. The fourth-order valence-electron chi connectivity index (χ4n) is 4.30. The lowest BCUT2D eigenvalue weighted by atomic mass is 9.89. The number of hydrogen-bond acceptors (Lipinski definition) is 5. The van der Waals surface area contributed by atoms with Crippen LogP contribution in [0.5, 0.6) is 17.2 Å². The van der Waals surface area contributed by atoms with Crippen molar-refractivity contribution in [1.82, 2.24) is 0 Å². The smallest absolute Gasteiger partial charge is 0.297 e. The summed E-state index contributed by atoms with van der Waals surface area (Å²) in [6.07, 6.45) is 4.91. The molecule has 0 unspecified atom stereocenters. The molecule has 3 aromatic carbocycles. The Labute approximate surface area is 194 Å². The molecule has 33 heavy (non-hydrogen) atoms. The van der Waals surface area contributed by atoms with Crippen LogP contribution in [0.15, 0.2) is 66.9 Å². The zero-order chi connectivity index (χ0) is 23.0. The first-order chi connectivity index (χ1) is 16.0. The number of benzene rings is 3. The van der Waals surface area contributed by atoms with Crippen molar-refractivity contribution in [2.24, 2.45) is 0 Å². The Balaban J connectivity index is 1.57. The Morgan fingerprint density at radius 3 is 2.55 bits per heavy atom. The number of aromatic hydroxyl groups is 1. The average Bonchev–Trinajstić information content (AvgIpc) is 3.51. The number of hydrogen-bond donors (Lipinski definition) is 1. The van der Waals surface area contributed by atoms with E-state index in [1.54, 1.807) is 35.6 Å². The van der Waals surface area contributed by atoms with E-state index in [1.165, 1.54) is 12.3 Å². The predicted molar refractivity (Wildman–Crippen MR) is 127 cm³/mol. The molecule has 166 valence electrons. The van der Waals surface area contributed by atoms with Gasteiger partial charge in [-0.05, 0) is 85.0 Å². The van der Waals surface area contributed by atoms with Crippen molar-refractivity contribution in [2.75, 3.05) is 0 Å². The van der Waals surface area contributed by atoms with Gasteiger partial charge in [-0.15, -0.1) is 11.3 Å². The minimum absolute atomic E-state index is 0.207. The lowest BCUT2D eigenvalue weighted by Gasteiger charge is -2.19. The number of carbonyl (C=O) groups is 1. The molecule has 0 aliphatic heterocycles. The van der Waals surface area contributed by atoms with E-state index in [4.69, 9.17) is 4.74 Å². The largest absolute Gasteiger partial charge is 0.508 e. The molecule has 0 spiro atoms. The van der Waals surface area contributed by atoms with E-state index in [-0.39, 0.29) is 17.0 Å². The Morgan fingerprint density at radius 1 is 1.06 bits per heavy atom. The van der Waals surface area contributed by atoms with Crippen molar-refractivity contribution in [3.05, 3.63) is 94.3 Å². The van der Waals surface area contributed by atoms with E-state index in [2.05, 4.69) is 4.74 Å². The molecule has 5 rings (SSSR count). The van der Waals surface area contributed by atoms with Crippen LogP contribution in [0.1, 0.15) is 34.4 Å². The Bertz CT molecular complexity index is 1370. The van der Waals surface area contributed by atoms with Crippen molar-refractivity contribution < 1.29 is 23.8 Å². The first kappa shape index (κ1) is 21.2. The van der Waals surface area contributed by atoms with Crippen molar-refractivity contribution in [3.8, 4) is 17.2 Å². The Morgan fingerprint density at radius 2 is 1.85 bits per heavy atom. The molecular weight excluding hydrogens is 439 g/mol. The fourth-order valence-corrected chi connectivity index (χ4v) is 5.72. The molecule has 0 atom stereocenters. The van der Waals surface area contributed by atoms with Gasteiger partial charge in [0.05, 0.1) is 11.1 Å². The second kappa shape index (κ2) is 8.37. The summed E-state index contributed by atoms with van der Waals surface area (Å²) in [5.41, 5.74) is 2.68. The standard InChI is InChI=1S/C27H21FO4S/c1-17-14-19(28)4-9-23(17)27(11-12-27)26-25(22-8-5-20(30)15-24(22)33-26)32-21-6-2-18(3-7-21)10-13-31-16-29/h2-10,13-16,30H,11-12H2,1H3/b13-10+. The number of halogens is 1. The molecular formula is C27H21FO4S. The average molecular weight is 461 g/mol. The van der Waals surface area contributed by atoms with Crippen molar-refractivity contribution in [3.63, 3.8) is 0 Å². The molecule has 1 saturated carbocycles. The molecule has 0 saturated heterocycles. The molecule has 0 amide bonds. The third-order valence-corrected chi connectivity index (χ3v) is 7.35. The third kappa shape index (κ3) is 3.98. The first-order valence-corrected chi connectivity index (χ1v) is 11.4. The summed E-state index contributed by atoms with van der Waals surface area (Å²) >= 11 is 1.61. The van der Waals surface area contributed by atoms with Gasteiger partial charge in [-0.1, -0.05) is 18.2 Å². The lowest BCUT2D eigenvalue weighted by Crippen LogP contribution is -2.10. The molecule has 1 fully saturated rings. The van der Waals surface area contributed by atoms with Crippen molar-refractivity contribution >= 4 is 34.0 Å². The summed E-state index contributed by atoms with van der Waals surface area (Å²) in [4.78, 5) is 11.4. The van der Waals surface area contributed by atoms with E-state index in [0.717, 1.165) is 50.2 Å². The first-order valence-electron chi connectivity index (χ1n) is 10.6. The van der Waals surface area contributed by atoms with Crippen molar-refractivity contribution in [1.29, 1.82) is 0 Å². The summed E-state index contributed by atoms with van der Waals surface area (Å²) in [7, 11) is 0. The summed E-state index contributed by atoms with van der Waals surface area (Å²) in [6.45, 7) is 2.31. The molecule has 1 N–H and O–H groups in total. The molecule has 1 heterocycles. The zero-order valence-corrected chi connectivity index (χ0v) is 18.7. The van der Waals surface area contributed by atoms with E-state index < -0.39 is 0 Å². The van der Waals surface area contributed by atoms with Gasteiger partial charge in [0.15, 0.2) is 0 Å². The number of fused-ring (bicyclic) bond motifs is 1. The van der Waals surface area contributed by atoms with E-state index in [0.29, 0.717) is 12.2 Å². The van der Waals surface area contributed by atoms with Crippen LogP contribution in [0, 0.1) is 12.7 Å². The van der Waals surface area contributed by atoms with Gasteiger partial charge in [0.2, 0.25) is 0 Å². The van der Waals surface area contributed by atoms with Gasteiger partial charge in [-0.25, -0.2) is 4.39 Å². The minimum Gasteiger partial charge on any atom is -0.508 e.